The van der Waals surface area contributed by atoms with Crippen LogP contribution < -0.4 is 0 Å². The Bertz CT molecular complexity index is 236. The summed E-state index contributed by atoms with van der Waals surface area (Å²) in [5.74, 6) is 0. The number of pyridine rings is 1. The number of aromatic nitrogens is 1. The molecule has 0 bridgehead atoms. The van der Waals surface area contributed by atoms with E-state index in [0.29, 0.717) is 0 Å². The minimum atomic E-state index is 0. The summed E-state index contributed by atoms with van der Waals surface area (Å²) < 4.78 is 0. The second-order valence-electron chi connectivity index (χ2n) is 4.19. The monoisotopic (exact) mass is 285 g/mol. The Morgan fingerprint density at radius 2 is 1.62 bits per heavy atom. The van der Waals surface area contributed by atoms with E-state index in [4.69, 9.17) is 0 Å². The number of hydrogen-bond acceptors (Lipinski definition) is 1. The zero-order valence-electron chi connectivity index (χ0n) is 10.3. The third kappa shape index (κ3) is 7.86. The van der Waals surface area contributed by atoms with Gasteiger partial charge in [0.05, 0.1) is 0 Å². The highest BCUT2D eigenvalue weighted by Crippen LogP contribution is 2.09. The van der Waals surface area contributed by atoms with Crippen molar-refractivity contribution >= 4 is 17.0 Å². The molecule has 0 unspecified atom stereocenters. The fraction of sp³-hybridized carbons (Fsp3) is 0.643. The van der Waals surface area contributed by atoms with E-state index in [9.17, 15) is 0 Å². The maximum Gasteiger partial charge on any atom is 0.0403 e. The summed E-state index contributed by atoms with van der Waals surface area (Å²) in [5.41, 5.74) is 1.24. The van der Waals surface area contributed by atoms with E-state index in [1.807, 2.05) is 12.3 Å². The molecule has 0 amide bonds. The smallest absolute Gasteiger partial charge is 0.0403 e. The highest BCUT2D eigenvalue weighted by molar-refractivity contribution is 8.93. The molecule has 0 atom stereocenters. The summed E-state index contributed by atoms with van der Waals surface area (Å²) in [4.78, 5) is 4.33. The van der Waals surface area contributed by atoms with Crippen LogP contribution in [0.5, 0.6) is 0 Å². The highest BCUT2D eigenvalue weighted by atomic mass is 79.9. The van der Waals surface area contributed by atoms with Gasteiger partial charge in [0, 0.05) is 11.9 Å². The van der Waals surface area contributed by atoms with Crippen molar-refractivity contribution in [2.24, 2.45) is 0 Å². The van der Waals surface area contributed by atoms with E-state index >= 15 is 0 Å². The molecule has 0 spiro atoms. The van der Waals surface area contributed by atoms with Crippen molar-refractivity contribution in [3.63, 3.8) is 0 Å². The molecule has 1 aromatic heterocycles. The number of hydrogen-bond donors (Lipinski definition) is 0. The summed E-state index contributed by atoms with van der Waals surface area (Å²) in [5, 5.41) is 0. The Balaban J connectivity index is 0.00000225. The Kier molecular flexibility index (Phi) is 10.9. The molecule has 0 radical (unpaired) electrons. The van der Waals surface area contributed by atoms with Gasteiger partial charge in [-0.25, -0.2) is 0 Å². The summed E-state index contributed by atoms with van der Waals surface area (Å²) in [6, 6.07) is 6.18. The number of unbranched alkanes of at least 4 members (excludes halogenated alkanes) is 6. The van der Waals surface area contributed by atoms with E-state index < -0.39 is 0 Å². The first-order chi connectivity index (χ1) is 7.43. The molecule has 0 saturated heterocycles. The lowest BCUT2D eigenvalue weighted by atomic mass is 10.1. The third-order valence-corrected chi connectivity index (χ3v) is 2.76. The fourth-order valence-corrected chi connectivity index (χ4v) is 1.81. The Hall–Kier alpha value is -0.370. The van der Waals surface area contributed by atoms with E-state index in [0.717, 1.165) is 6.42 Å². The van der Waals surface area contributed by atoms with Crippen LogP contribution >= 0.6 is 17.0 Å². The van der Waals surface area contributed by atoms with Crippen LogP contribution in [0.15, 0.2) is 24.4 Å². The van der Waals surface area contributed by atoms with Gasteiger partial charge in [0.2, 0.25) is 0 Å². The van der Waals surface area contributed by atoms with Crippen molar-refractivity contribution in [2.75, 3.05) is 0 Å². The SMILES string of the molecule is Br.CCCCCCCCCc1ccccn1. The van der Waals surface area contributed by atoms with Crippen molar-refractivity contribution in [3.05, 3.63) is 30.1 Å². The van der Waals surface area contributed by atoms with Crippen LogP contribution in [0, 0.1) is 0 Å². The zero-order chi connectivity index (χ0) is 10.8. The molecule has 2 heteroatoms. The lowest BCUT2D eigenvalue weighted by Crippen LogP contribution is -1.89. The number of aryl methyl sites for hydroxylation is 1. The first-order valence-electron chi connectivity index (χ1n) is 6.33. The molecule has 0 fully saturated rings. The molecule has 0 aliphatic heterocycles. The second kappa shape index (κ2) is 11.1. The van der Waals surface area contributed by atoms with Crippen LogP contribution in [-0.2, 0) is 6.42 Å². The first-order valence-corrected chi connectivity index (χ1v) is 6.33. The number of halogens is 1. The molecule has 1 nitrogen and oxygen atoms in total. The molecule has 1 rings (SSSR count). The molecule has 0 N–H and O–H groups in total. The van der Waals surface area contributed by atoms with Gasteiger partial charge in [0.1, 0.15) is 0 Å². The molecule has 0 aromatic carbocycles. The second-order valence-corrected chi connectivity index (χ2v) is 4.19. The normalized spacial score (nSPS) is 9.81. The fourth-order valence-electron chi connectivity index (χ4n) is 1.81. The average molecular weight is 286 g/mol. The maximum atomic E-state index is 4.33. The third-order valence-electron chi connectivity index (χ3n) is 2.76. The number of rotatable bonds is 8. The van der Waals surface area contributed by atoms with Crippen molar-refractivity contribution in [2.45, 2.75) is 58.3 Å². The molecule has 0 aliphatic carbocycles. The molecular weight excluding hydrogens is 262 g/mol. The van der Waals surface area contributed by atoms with Crippen LogP contribution in [0.3, 0.4) is 0 Å². The molecule has 16 heavy (non-hydrogen) atoms. The van der Waals surface area contributed by atoms with Gasteiger partial charge in [-0.3, -0.25) is 4.98 Å². The summed E-state index contributed by atoms with van der Waals surface area (Å²) in [6.07, 6.45) is 12.7. The molecule has 0 saturated carbocycles. The quantitative estimate of drug-likeness (QED) is 0.616. The average Bonchev–Trinajstić information content (AvgIpc) is 2.29. The maximum absolute atomic E-state index is 4.33. The first kappa shape index (κ1) is 15.6. The van der Waals surface area contributed by atoms with Gasteiger partial charge in [-0.1, -0.05) is 51.5 Å². The van der Waals surface area contributed by atoms with Crippen LogP contribution in [-0.4, -0.2) is 4.98 Å². The van der Waals surface area contributed by atoms with Crippen molar-refractivity contribution in [1.29, 1.82) is 0 Å². The van der Waals surface area contributed by atoms with E-state index in [2.05, 4.69) is 24.0 Å². The summed E-state index contributed by atoms with van der Waals surface area (Å²) in [7, 11) is 0. The lowest BCUT2D eigenvalue weighted by molar-refractivity contribution is 0.587. The Labute approximate surface area is 110 Å². The molecule has 1 aromatic rings. The largest absolute Gasteiger partial charge is 0.261 e. The van der Waals surface area contributed by atoms with Gasteiger partial charge in [-0.05, 0) is 25.0 Å². The van der Waals surface area contributed by atoms with Crippen molar-refractivity contribution in [1.82, 2.24) is 4.98 Å². The summed E-state index contributed by atoms with van der Waals surface area (Å²) in [6.45, 7) is 2.26. The van der Waals surface area contributed by atoms with Gasteiger partial charge in [-0.2, -0.15) is 0 Å². The van der Waals surface area contributed by atoms with Gasteiger partial charge >= 0.3 is 0 Å². The molecule has 0 aliphatic rings. The van der Waals surface area contributed by atoms with Crippen LogP contribution in [0.1, 0.15) is 57.6 Å². The standard InChI is InChI=1S/C14H23N.BrH/c1-2-3-4-5-6-7-8-11-14-12-9-10-13-15-14;/h9-10,12-13H,2-8,11H2,1H3;1H. The molecular formula is C14H24BrN. The minimum absolute atomic E-state index is 0. The predicted octanol–water partition coefficient (Wildman–Crippen LogP) is 4.95. The highest BCUT2D eigenvalue weighted by Gasteiger charge is 1.93. The van der Waals surface area contributed by atoms with E-state index in [-0.39, 0.29) is 17.0 Å². The number of nitrogens with zero attached hydrogens (tertiary/aromatic N) is 1. The van der Waals surface area contributed by atoms with Gasteiger partial charge in [0.25, 0.3) is 0 Å². The van der Waals surface area contributed by atoms with Gasteiger partial charge in [-0.15, -0.1) is 17.0 Å². The predicted molar refractivity (Wildman–Crippen MR) is 76.3 cm³/mol. The van der Waals surface area contributed by atoms with Crippen LogP contribution in [0.4, 0.5) is 0 Å². The van der Waals surface area contributed by atoms with E-state index in [1.165, 1.54) is 50.6 Å². The van der Waals surface area contributed by atoms with Crippen molar-refractivity contribution in [3.8, 4) is 0 Å². The minimum Gasteiger partial charge on any atom is -0.261 e. The van der Waals surface area contributed by atoms with Gasteiger partial charge < -0.3 is 0 Å². The topological polar surface area (TPSA) is 12.9 Å². The molecule has 1 heterocycles. The van der Waals surface area contributed by atoms with Crippen molar-refractivity contribution < 1.29 is 0 Å². The van der Waals surface area contributed by atoms with Gasteiger partial charge in [0.15, 0.2) is 0 Å². The Morgan fingerprint density at radius 1 is 0.938 bits per heavy atom. The van der Waals surface area contributed by atoms with Crippen LogP contribution in [0.25, 0.3) is 0 Å². The van der Waals surface area contributed by atoms with E-state index in [1.54, 1.807) is 0 Å². The molecule has 92 valence electrons. The Morgan fingerprint density at radius 3 is 2.25 bits per heavy atom. The van der Waals surface area contributed by atoms with Crippen LogP contribution in [0.2, 0.25) is 0 Å². The zero-order valence-corrected chi connectivity index (χ0v) is 12.0. The summed E-state index contributed by atoms with van der Waals surface area (Å²) >= 11 is 0. The lowest BCUT2D eigenvalue weighted by Gasteiger charge is -2.01.